The number of nitrogens with one attached hydrogen (secondary N) is 2. The Morgan fingerprint density at radius 3 is 2.57 bits per heavy atom. The van der Waals surface area contributed by atoms with Gasteiger partial charge < -0.3 is 15.7 Å². The number of nitrogens with zero attached hydrogens (tertiary/aromatic N) is 3. The number of carbonyl (C=O) groups excluding carboxylic acids is 2. The molecule has 1 aromatic carbocycles. The highest BCUT2D eigenvalue weighted by Crippen LogP contribution is 2.68. The van der Waals surface area contributed by atoms with Crippen molar-refractivity contribution < 1.29 is 45.4 Å². The van der Waals surface area contributed by atoms with Crippen molar-refractivity contribution in [2.45, 2.75) is 75.2 Å². The number of amides is 2. The number of alkyl halides is 5. The van der Waals surface area contributed by atoms with Crippen molar-refractivity contribution in [3.63, 3.8) is 0 Å². The predicted octanol–water partition coefficient (Wildman–Crippen LogP) is 6.02. The quantitative estimate of drug-likeness (QED) is 0.203. The van der Waals surface area contributed by atoms with Crippen LogP contribution in [0.25, 0.3) is 0 Å². The maximum Gasteiger partial charge on any atom is 0.435 e. The maximum atomic E-state index is 15.3. The van der Waals surface area contributed by atoms with Crippen LogP contribution in [-0.2, 0) is 40.1 Å². The summed E-state index contributed by atoms with van der Waals surface area (Å²) in [6.07, 6.45) is 2.89. The summed E-state index contributed by atoms with van der Waals surface area (Å²) < 4.78 is 102. The number of hydrogen-bond donors (Lipinski definition) is 3. The summed E-state index contributed by atoms with van der Waals surface area (Å²) in [7, 11) is 0. The van der Waals surface area contributed by atoms with Gasteiger partial charge >= 0.3 is 6.18 Å². The van der Waals surface area contributed by atoms with Crippen LogP contribution in [0.5, 0.6) is 0 Å². The van der Waals surface area contributed by atoms with E-state index in [4.69, 9.17) is 4.98 Å². The molecule has 3 aliphatic carbocycles. The van der Waals surface area contributed by atoms with E-state index in [-0.39, 0.29) is 35.7 Å². The van der Waals surface area contributed by atoms with Crippen LogP contribution in [0.4, 0.5) is 30.7 Å². The number of allylic oxidation sites excluding steroid dienone is 4. The first kappa shape index (κ1) is 36.1. The Kier molecular flexibility index (Phi) is 8.48. The second-order valence-electron chi connectivity index (χ2n) is 14.5. The fourth-order valence-corrected chi connectivity index (χ4v) is 7.60. The fourth-order valence-electron chi connectivity index (χ4n) is 7.60. The lowest BCUT2D eigenvalue weighted by Gasteiger charge is -2.40. The molecule has 53 heavy (non-hydrogen) atoms. The molecular formula is C38H32F7N5O3. The van der Waals surface area contributed by atoms with Gasteiger partial charge in [0.25, 0.3) is 11.8 Å². The number of carbonyl (C=O) groups is 2. The van der Waals surface area contributed by atoms with Gasteiger partial charge in [-0.1, -0.05) is 43.2 Å². The van der Waals surface area contributed by atoms with Gasteiger partial charge in [-0.2, -0.15) is 27.1 Å². The van der Waals surface area contributed by atoms with Gasteiger partial charge in [-0.25, -0.2) is 13.8 Å². The lowest BCUT2D eigenvalue weighted by molar-refractivity contribution is -0.142. The second kappa shape index (κ2) is 12.4. The minimum absolute atomic E-state index is 0.0568. The molecule has 1 aliphatic heterocycles. The van der Waals surface area contributed by atoms with Crippen molar-refractivity contribution in [1.82, 2.24) is 25.4 Å². The Balaban J connectivity index is 1.34. The lowest BCUT2D eigenvalue weighted by atomic mass is 9.64. The van der Waals surface area contributed by atoms with Crippen molar-refractivity contribution >= 4 is 11.8 Å². The molecule has 276 valence electrons. The number of hydrogen-bond acceptors (Lipinski definition) is 5. The molecule has 3 aromatic rings. The van der Waals surface area contributed by atoms with Crippen molar-refractivity contribution in [3.8, 4) is 11.8 Å². The fraction of sp³-hybridized carbons (Fsp3) is 0.368. The summed E-state index contributed by atoms with van der Waals surface area (Å²) in [5.74, 6) is -4.37. The summed E-state index contributed by atoms with van der Waals surface area (Å²) in [6.45, 7) is 3.67. The predicted molar refractivity (Wildman–Crippen MR) is 176 cm³/mol. The highest BCUT2D eigenvalue weighted by molar-refractivity contribution is 5.97. The van der Waals surface area contributed by atoms with Gasteiger partial charge in [-0.3, -0.25) is 14.3 Å². The molecule has 1 saturated carbocycles. The van der Waals surface area contributed by atoms with Crippen LogP contribution in [0.15, 0.2) is 66.4 Å². The molecule has 15 heteroatoms. The van der Waals surface area contributed by atoms with Crippen LogP contribution < -0.4 is 10.6 Å². The van der Waals surface area contributed by atoms with Crippen molar-refractivity contribution in [2.24, 2.45) is 11.8 Å². The maximum absolute atomic E-state index is 15.3. The van der Waals surface area contributed by atoms with E-state index in [2.05, 4.69) is 27.6 Å². The first-order valence-electron chi connectivity index (χ1n) is 16.7. The Bertz CT molecular complexity index is 2180. The van der Waals surface area contributed by atoms with Crippen molar-refractivity contribution in [2.75, 3.05) is 0 Å². The van der Waals surface area contributed by atoms with Gasteiger partial charge in [0, 0.05) is 40.7 Å². The molecule has 2 aromatic heterocycles. The third-order valence-electron chi connectivity index (χ3n) is 9.99. The zero-order chi connectivity index (χ0) is 38.2. The molecule has 4 aliphatic rings. The van der Waals surface area contributed by atoms with E-state index in [1.807, 2.05) is 13.0 Å². The summed E-state index contributed by atoms with van der Waals surface area (Å²) in [6, 6.07) is 4.62. The van der Waals surface area contributed by atoms with Gasteiger partial charge in [-0.05, 0) is 67.9 Å². The SMILES string of the molecule is CC(C)(O)C#Cc1ccc(C2(C)C=CC=C3C(=O)NC=CC32)c([C@H](Cc2cc(F)cc(F)c2)NC(=O)Cn2nc(C(F)(F)F)c3c2C(F)(F)[C@@H]2C[C@H]32)n1. The average molecular weight is 740 g/mol. The molecular weight excluding hydrogens is 707 g/mol. The van der Waals surface area contributed by atoms with Crippen LogP contribution in [0.2, 0.25) is 0 Å². The van der Waals surface area contributed by atoms with E-state index in [1.54, 1.807) is 30.4 Å². The zero-order valence-corrected chi connectivity index (χ0v) is 28.5. The van der Waals surface area contributed by atoms with Crippen molar-refractivity contribution in [3.05, 3.63) is 118 Å². The van der Waals surface area contributed by atoms with Crippen molar-refractivity contribution in [1.29, 1.82) is 0 Å². The molecule has 1 fully saturated rings. The second-order valence-corrected chi connectivity index (χ2v) is 14.5. The Labute approximate surface area is 298 Å². The molecule has 3 heterocycles. The van der Waals surface area contributed by atoms with E-state index in [9.17, 15) is 36.6 Å². The lowest BCUT2D eigenvalue weighted by Crippen LogP contribution is -2.42. The summed E-state index contributed by atoms with van der Waals surface area (Å²) in [5, 5.41) is 19.0. The average Bonchev–Trinajstić information content (AvgIpc) is 3.71. The van der Waals surface area contributed by atoms with Gasteiger partial charge in [-0.15, -0.1) is 0 Å². The first-order chi connectivity index (χ1) is 24.8. The van der Waals surface area contributed by atoms with Gasteiger partial charge in [0.15, 0.2) is 5.69 Å². The van der Waals surface area contributed by atoms with E-state index in [1.165, 1.54) is 20.0 Å². The molecule has 2 amide bonds. The Morgan fingerprint density at radius 2 is 1.89 bits per heavy atom. The Hall–Kier alpha value is -5.23. The van der Waals surface area contributed by atoms with Crippen LogP contribution in [0.1, 0.15) is 78.6 Å². The number of aromatic nitrogens is 3. The van der Waals surface area contributed by atoms with E-state index >= 15 is 8.78 Å². The normalized spacial score (nSPS) is 24.2. The number of pyridine rings is 1. The molecule has 3 N–H and O–H groups in total. The molecule has 8 nitrogen and oxygen atoms in total. The molecule has 0 saturated heterocycles. The highest BCUT2D eigenvalue weighted by Gasteiger charge is 2.68. The van der Waals surface area contributed by atoms with Crippen LogP contribution in [0, 0.1) is 35.3 Å². The number of benzene rings is 1. The minimum Gasteiger partial charge on any atom is -0.378 e. The highest BCUT2D eigenvalue weighted by atomic mass is 19.4. The van der Waals surface area contributed by atoms with Gasteiger partial charge in [0.2, 0.25) is 5.91 Å². The minimum atomic E-state index is -5.05. The zero-order valence-electron chi connectivity index (χ0n) is 28.5. The number of aliphatic hydroxyl groups is 1. The van der Waals surface area contributed by atoms with Crippen LogP contribution in [0.3, 0.4) is 0 Å². The number of halogens is 7. The molecule has 7 rings (SSSR count). The summed E-state index contributed by atoms with van der Waals surface area (Å²) in [5.41, 5.74) is -4.39. The molecule has 0 spiro atoms. The summed E-state index contributed by atoms with van der Waals surface area (Å²) >= 11 is 0. The Morgan fingerprint density at radius 1 is 1.17 bits per heavy atom. The first-order valence-corrected chi connectivity index (χ1v) is 16.7. The molecule has 5 atom stereocenters. The molecule has 2 unspecified atom stereocenters. The monoisotopic (exact) mass is 739 g/mol. The largest absolute Gasteiger partial charge is 0.435 e. The van der Waals surface area contributed by atoms with Gasteiger partial charge in [0.05, 0.1) is 11.7 Å². The van der Waals surface area contributed by atoms with E-state index < -0.39 is 87.9 Å². The van der Waals surface area contributed by atoms with E-state index in [0.717, 1.165) is 12.1 Å². The summed E-state index contributed by atoms with van der Waals surface area (Å²) in [4.78, 5) is 31.4. The standard InChI is InChI=1S/C38H32F7N5O3/c1-35(2,53)11-8-22-6-7-26(36(3)10-4-5-23-25(36)9-12-46-34(23)52)31(47-22)28(15-19-13-20(39)16-21(40)14-19)48-29(51)18-50-33-30(32(49-50)38(43,44)45)24-17-27(24)37(33,41)42/h4-7,9-10,12-14,16,24-25,27-28,53H,15,17-18H2,1-3H3,(H,46,52)(H,48,51)/t24-,25?,27+,28-,36?/m0/s1. The number of rotatable bonds is 7. The molecule has 0 radical (unpaired) electrons. The van der Waals surface area contributed by atoms with Gasteiger partial charge in [0.1, 0.15) is 35.2 Å². The van der Waals surface area contributed by atoms with Crippen LogP contribution in [-0.4, -0.2) is 37.3 Å². The third kappa shape index (κ3) is 6.65. The smallest absolute Gasteiger partial charge is 0.378 e. The van der Waals surface area contributed by atoms with E-state index in [0.29, 0.717) is 21.9 Å². The topological polar surface area (TPSA) is 109 Å². The number of fused-ring (bicyclic) bond motifs is 4. The molecule has 0 bridgehead atoms. The van der Waals surface area contributed by atoms with Crippen LogP contribution >= 0.6 is 0 Å². The third-order valence-corrected chi connectivity index (χ3v) is 9.99.